The van der Waals surface area contributed by atoms with Gasteiger partial charge in [0.2, 0.25) is 0 Å². The molecule has 0 spiro atoms. The Labute approximate surface area is 412 Å². The lowest BCUT2D eigenvalue weighted by Crippen LogP contribution is -2.65. The third kappa shape index (κ3) is 12.6. The Morgan fingerprint density at radius 2 is 1.70 bits per heavy atom. The summed E-state index contributed by atoms with van der Waals surface area (Å²) in [6, 6.07) is 2.23. The molecular weight excluding hydrogens is 914 g/mol. The number of benzene rings is 1. The standard InChI is InChI=1S/C49H82FN7O13/c1-15-39-49(11,63)41(58)31(6)55(13)25-27(2)22-46(8,61)43(29(4)40(30(5)44(60)69-39)37-23-47(9,66-14)42(59)32(7)68-37)70-45-48(10,62)38(20-28(3)67-45)54(12)18-19-56-26-33(52-53-56)24-51-36-17-16-34(57(64)65)21-35(36)50/h16-17,21,26-32,37-43,45,51,58-59,61-63H,15,18-20,22-25H2,1-14H3/t27-,28-,29+,30-,31-,32+,37-,38+,39-,40?,41-,42+,43-,45+,46-,47-,48-,49-/m1/s1. The molecule has 6 N–H and O–H groups in total. The molecular formula is C49H82FN7O13. The SMILES string of the molecule is CC[C@H]1OC(=O)[C@H](C)C([C@H]2C[C@@](C)(OC)[C@@H](O)[C@H](C)O2)[C@H](C)[C@@H](O[C@@H]2O[C@H](C)C[C@H](N(C)CCn3cc(CNc4ccc([N+](=O)[O-])cc4F)nn3)[C@@]2(C)O)[C@](C)(O)C[C@@H](C)CN(C)[C@H](C)[C@@H](O)[C@]1(C)O. The van der Waals surface area contributed by atoms with Crippen LogP contribution in [0.1, 0.15) is 108 Å². The van der Waals surface area contributed by atoms with Crippen LogP contribution in [0.15, 0.2) is 24.4 Å². The highest BCUT2D eigenvalue weighted by Crippen LogP contribution is 2.46. The third-order valence-electron chi connectivity index (χ3n) is 15.8. The van der Waals surface area contributed by atoms with E-state index in [0.29, 0.717) is 31.7 Å². The molecule has 0 amide bonds. The van der Waals surface area contributed by atoms with E-state index in [1.54, 1.807) is 59.3 Å². The number of esters is 1. The van der Waals surface area contributed by atoms with Crippen LogP contribution in [0.4, 0.5) is 15.8 Å². The van der Waals surface area contributed by atoms with Crippen molar-refractivity contribution in [3.63, 3.8) is 0 Å². The topological polar surface area (TPSA) is 257 Å². The van der Waals surface area contributed by atoms with Crippen molar-refractivity contribution in [1.82, 2.24) is 24.8 Å². The van der Waals surface area contributed by atoms with Gasteiger partial charge < -0.3 is 59.4 Å². The number of cyclic esters (lactones) is 1. The molecule has 3 aliphatic rings. The van der Waals surface area contributed by atoms with Crippen LogP contribution in [0.25, 0.3) is 0 Å². The molecule has 0 radical (unpaired) electrons. The van der Waals surface area contributed by atoms with Crippen LogP contribution in [-0.4, -0.2) is 179 Å². The molecule has 1 unspecified atom stereocenters. The number of methoxy groups -OCH3 is 1. The molecule has 20 nitrogen and oxygen atoms in total. The monoisotopic (exact) mass is 996 g/mol. The molecule has 2 aromatic rings. The van der Waals surface area contributed by atoms with Crippen molar-refractivity contribution in [3.8, 4) is 0 Å². The number of aliphatic hydroxyl groups excluding tert-OH is 2. The van der Waals surface area contributed by atoms with Crippen molar-refractivity contribution in [2.75, 3.05) is 39.6 Å². The number of nitrogens with one attached hydrogen (secondary N) is 1. The van der Waals surface area contributed by atoms with E-state index in [1.165, 1.54) is 26.2 Å². The van der Waals surface area contributed by atoms with Gasteiger partial charge in [0.25, 0.3) is 5.69 Å². The van der Waals surface area contributed by atoms with Crippen LogP contribution in [-0.2, 0) is 41.6 Å². The molecule has 1 aromatic carbocycles. The lowest BCUT2D eigenvalue weighted by atomic mass is 9.68. The van der Waals surface area contributed by atoms with Gasteiger partial charge in [0.15, 0.2) is 12.1 Å². The van der Waals surface area contributed by atoms with E-state index in [-0.39, 0.29) is 43.1 Å². The van der Waals surface area contributed by atoms with Crippen LogP contribution in [0, 0.1) is 39.6 Å². The Bertz CT molecular complexity index is 2060. The Morgan fingerprint density at radius 3 is 2.31 bits per heavy atom. The van der Waals surface area contributed by atoms with Gasteiger partial charge in [-0.3, -0.25) is 24.5 Å². The van der Waals surface area contributed by atoms with Crippen LogP contribution >= 0.6 is 0 Å². The lowest BCUT2D eigenvalue weighted by molar-refractivity contribution is -0.385. The summed E-state index contributed by atoms with van der Waals surface area (Å²) in [7, 11) is 5.21. The Hall–Kier alpha value is -3.48. The number of carbonyl (C=O) groups is 1. The second-order valence-corrected chi connectivity index (χ2v) is 21.7. The van der Waals surface area contributed by atoms with Gasteiger partial charge in [-0.15, -0.1) is 5.10 Å². The van der Waals surface area contributed by atoms with Gasteiger partial charge in [-0.2, -0.15) is 0 Å². The molecule has 0 bridgehead atoms. The number of rotatable bonds is 13. The average Bonchev–Trinajstić information content (AvgIpc) is 3.74. The predicted octanol–water partition coefficient (Wildman–Crippen LogP) is 3.89. The molecule has 398 valence electrons. The summed E-state index contributed by atoms with van der Waals surface area (Å²) < 4.78 is 48.4. The number of aliphatic hydroxyl groups is 5. The fourth-order valence-corrected chi connectivity index (χ4v) is 11.4. The molecule has 3 aliphatic heterocycles. The van der Waals surface area contributed by atoms with Crippen LogP contribution in [0.3, 0.4) is 0 Å². The van der Waals surface area contributed by atoms with Crippen LogP contribution < -0.4 is 5.32 Å². The van der Waals surface area contributed by atoms with Gasteiger partial charge in [0.1, 0.15) is 35.2 Å². The molecule has 3 saturated heterocycles. The average molecular weight is 996 g/mol. The van der Waals surface area contributed by atoms with Gasteiger partial charge in [-0.1, -0.05) is 32.9 Å². The van der Waals surface area contributed by atoms with Crippen LogP contribution in [0.5, 0.6) is 0 Å². The number of likely N-dealkylation sites (N-methyl/N-ethyl adjacent to an activating group) is 2. The number of hydrogen-bond acceptors (Lipinski definition) is 18. The Balaban J connectivity index is 1.46. The molecule has 0 aliphatic carbocycles. The number of nitrogens with zero attached hydrogens (tertiary/aromatic N) is 6. The van der Waals surface area contributed by atoms with E-state index in [9.17, 15) is 44.8 Å². The number of anilines is 1. The number of non-ortho nitro benzene ring substituents is 1. The van der Waals surface area contributed by atoms with E-state index < -0.39 is 118 Å². The van der Waals surface area contributed by atoms with Gasteiger partial charge >= 0.3 is 5.97 Å². The molecule has 18 atom stereocenters. The van der Waals surface area contributed by atoms with Crippen molar-refractivity contribution in [2.24, 2.45) is 23.7 Å². The second-order valence-electron chi connectivity index (χ2n) is 21.7. The number of aromatic nitrogens is 3. The molecule has 21 heteroatoms. The van der Waals surface area contributed by atoms with Crippen molar-refractivity contribution >= 4 is 17.3 Å². The molecule has 5 rings (SSSR count). The molecule has 1 aromatic heterocycles. The Morgan fingerprint density at radius 1 is 1.03 bits per heavy atom. The molecule has 0 saturated carbocycles. The highest BCUT2D eigenvalue weighted by molar-refractivity contribution is 5.73. The maximum absolute atomic E-state index is 14.6. The van der Waals surface area contributed by atoms with Crippen molar-refractivity contribution in [1.29, 1.82) is 0 Å². The fourth-order valence-electron chi connectivity index (χ4n) is 11.4. The Kier molecular flexibility index (Phi) is 18.7. The summed E-state index contributed by atoms with van der Waals surface area (Å²) in [5.41, 5.74) is -6.01. The van der Waals surface area contributed by atoms with Crippen molar-refractivity contribution < 1.29 is 63.3 Å². The highest BCUT2D eigenvalue weighted by atomic mass is 19.1. The molecule has 70 heavy (non-hydrogen) atoms. The fraction of sp³-hybridized carbons (Fsp3) is 0.816. The van der Waals surface area contributed by atoms with Crippen LogP contribution in [0.2, 0.25) is 0 Å². The summed E-state index contributed by atoms with van der Waals surface area (Å²) in [4.78, 5) is 28.9. The van der Waals surface area contributed by atoms with E-state index in [1.807, 2.05) is 44.7 Å². The minimum Gasteiger partial charge on any atom is -0.459 e. The van der Waals surface area contributed by atoms with Gasteiger partial charge in [0.05, 0.1) is 77.5 Å². The zero-order chi connectivity index (χ0) is 52.4. The number of carbonyl (C=O) groups excluding carboxylic acids is 1. The first-order valence-corrected chi connectivity index (χ1v) is 24.7. The number of ether oxygens (including phenoxy) is 5. The maximum atomic E-state index is 14.6. The number of nitro groups is 1. The number of nitro benzene ring substituents is 1. The van der Waals surface area contributed by atoms with E-state index in [0.717, 1.165) is 6.07 Å². The van der Waals surface area contributed by atoms with Gasteiger partial charge in [-0.25, -0.2) is 4.39 Å². The van der Waals surface area contributed by atoms with Crippen molar-refractivity contribution in [2.45, 2.75) is 198 Å². The smallest absolute Gasteiger partial charge is 0.309 e. The minimum atomic E-state index is -1.84. The maximum Gasteiger partial charge on any atom is 0.309 e. The van der Waals surface area contributed by atoms with E-state index >= 15 is 0 Å². The third-order valence-corrected chi connectivity index (χ3v) is 15.8. The quantitative estimate of drug-likeness (QED) is 0.0946. The molecule has 4 heterocycles. The zero-order valence-corrected chi connectivity index (χ0v) is 43.6. The summed E-state index contributed by atoms with van der Waals surface area (Å²) in [6.45, 7) is 20.6. The zero-order valence-electron chi connectivity index (χ0n) is 43.6. The van der Waals surface area contributed by atoms with E-state index in [2.05, 4.69) is 15.6 Å². The first-order valence-electron chi connectivity index (χ1n) is 24.7. The van der Waals surface area contributed by atoms with E-state index in [4.69, 9.17) is 23.7 Å². The minimum absolute atomic E-state index is 0.0808. The first kappa shape index (κ1) is 57.4. The van der Waals surface area contributed by atoms with Crippen molar-refractivity contribution in [3.05, 3.63) is 46.0 Å². The first-order chi connectivity index (χ1) is 32.5. The number of halogens is 1. The second kappa shape index (κ2) is 22.7. The van der Waals surface area contributed by atoms with Gasteiger partial charge in [0, 0.05) is 50.7 Å². The summed E-state index contributed by atoms with van der Waals surface area (Å²) in [5.74, 6) is -4.10. The number of hydrogen-bond donors (Lipinski definition) is 6. The largest absolute Gasteiger partial charge is 0.459 e. The normalized spacial score (nSPS) is 40.8. The van der Waals surface area contributed by atoms with Gasteiger partial charge in [-0.05, 0) is 99.7 Å². The summed E-state index contributed by atoms with van der Waals surface area (Å²) >= 11 is 0. The summed E-state index contributed by atoms with van der Waals surface area (Å²) in [5, 5.41) is 82.9. The predicted molar refractivity (Wildman–Crippen MR) is 257 cm³/mol. The molecule has 3 fully saturated rings. The highest BCUT2D eigenvalue weighted by Gasteiger charge is 2.56. The lowest BCUT2D eigenvalue weighted by Gasteiger charge is -2.53. The summed E-state index contributed by atoms with van der Waals surface area (Å²) in [6.07, 6.45) is -5.06.